The van der Waals surface area contributed by atoms with E-state index in [1.165, 1.54) is 13.8 Å². The summed E-state index contributed by atoms with van der Waals surface area (Å²) in [4.78, 5) is 30.3. The number of aromatic nitrogens is 3. The van der Waals surface area contributed by atoms with E-state index in [0.29, 0.717) is 36.5 Å². The van der Waals surface area contributed by atoms with Gasteiger partial charge in [0.2, 0.25) is 5.91 Å². The van der Waals surface area contributed by atoms with E-state index in [9.17, 15) is 27.9 Å². The molecule has 1 aliphatic heterocycles. The van der Waals surface area contributed by atoms with Crippen LogP contribution in [0.2, 0.25) is 0 Å². The van der Waals surface area contributed by atoms with Crippen LogP contribution in [0.5, 0.6) is 5.75 Å². The number of ketones is 1. The van der Waals surface area contributed by atoms with Gasteiger partial charge in [-0.3, -0.25) is 14.3 Å². The van der Waals surface area contributed by atoms with Gasteiger partial charge in [0, 0.05) is 32.5 Å². The number of fused-ring (bicyclic) bond motifs is 1. The summed E-state index contributed by atoms with van der Waals surface area (Å²) in [6, 6.07) is 4.60. The van der Waals surface area contributed by atoms with Crippen LogP contribution in [0.25, 0.3) is 22.3 Å². The number of alkyl halides is 3. The summed E-state index contributed by atoms with van der Waals surface area (Å²) in [5.41, 5.74) is 0.282. The van der Waals surface area contributed by atoms with Gasteiger partial charge < -0.3 is 10.0 Å². The first-order valence-corrected chi connectivity index (χ1v) is 10.0. The molecule has 0 radical (unpaired) electrons. The number of aromatic hydroxyl groups is 1. The molecule has 1 N–H and O–H groups in total. The second kappa shape index (κ2) is 7.61. The van der Waals surface area contributed by atoms with Gasteiger partial charge in [-0.1, -0.05) is 0 Å². The Labute approximate surface area is 181 Å². The quantitative estimate of drug-likeness (QED) is 0.612. The van der Waals surface area contributed by atoms with Gasteiger partial charge in [-0.15, -0.1) is 0 Å². The number of Topliss-reactive ketones (excluding diaryl/α,β-unsaturated/α-hetero) is 1. The van der Waals surface area contributed by atoms with Crippen LogP contribution in [0.4, 0.5) is 13.2 Å². The second-order valence-electron chi connectivity index (χ2n) is 8.07. The van der Waals surface area contributed by atoms with Crippen molar-refractivity contribution in [3.05, 3.63) is 41.1 Å². The minimum absolute atomic E-state index is 0.0241. The number of carbonyl (C=O) groups is 2. The van der Waals surface area contributed by atoms with E-state index in [4.69, 9.17) is 0 Å². The number of hydrogen-bond donors (Lipinski definition) is 1. The van der Waals surface area contributed by atoms with E-state index in [2.05, 4.69) is 10.1 Å². The highest BCUT2D eigenvalue weighted by molar-refractivity contribution is 6.04. The van der Waals surface area contributed by atoms with Crippen molar-refractivity contribution in [3.63, 3.8) is 0 Å². The largest absolute Gasteiger partial charge is 0.507 e. The van der Waals surface area contributed by atoms with E-state index in [-0.39, 0.29) is 40.2 Å². The SMILES string of the molecule is CC(=O)c1c2ccc(-c3c(C)cc(C(F)(F)F)cc3O)nc2nn1[C@H]1CCC(=O)N(C)C1. The van der Waals surface area contributed by atoms with Gasteiger partial charge in [0.05, 0.1) is 22.7 Å². The Morgan fingerprint density at radius 3 is 2.56 bits per heavy atom. The van der Waals surface area contributed by atoms with Crippen molar-refractivity contribution in [2.45, 2.75) is 38.9 Å². The maximum atomic E-state index is 13.0. The predicted molar refractivity (Wildman–Crippen MR) is 110 cm³/mol. The molecule has 1 aliphatic rings. The number of rotatable bonds is 3. The second-order valence-corrected chi connectivity index (χ2v) is 8.07. The molecule has 2 aromatic heterocycles. The lowest BCUT2D eigenvalue weighted by Crippen LogP contribution is -2.38. The van der Waals surface area contributed by atoms with E-state index < -0.39 is 17.5 Å². The average molecular weight is 446 g/mol. The van der Waals surface area contributed by atoms with Crippen molar-refractivity contribution >= 4 is 22.7 Å². The summed E-state index contributed by atoms with van der Waals surface area (Å²) in [6.45, 7) is 3.29. The highest BCUT2D eigenvalue weighted by Gasteiger charge is 2.33. The van der Waals surface area contributed by atoms with Crippen molar-refractivity contribution in [2.75, 3.05) is 13.6 Å². The molecule has 1 aromatic carbocycles. The molecular weight excluding hydrogens is 425 g/mol. The molecule has 7 nitrogen and oxygen atoms in total. The minimum atomic E-state index is -4.58. The van der Waals surface area contributed by atoms with Crippen molar-refractivity contribution in [3.8, 4) is 17.0 Å². The Hall–Kier alpha value is -3.43. The predicted octanol–water partition coefficient (Wildman–Crippen LogP) is 4.13. The Kier molecular flexibility index (Phi) is 5.18. The number of nitrogens with zero attached hydrogens (tertiary/aromatic N) is 4. The molecule has 0 aliphatic carbocycles. The molecule has 0 saturated carbocycles. The first kappa shape index (κ1) is 21.8. The van der Waals surface area contributed by atoms with Crippen LogP contribution in [0.1, 0.15) is 47.4 Å². The summed E-state index contributed by atoms with van der Waals surface area (Å²) in [5, 5.41) is 15.3. The zero-order chi connectivity index (χ0) is 23.4. The number of aryl methyl sites for hydroxylation is 1. The highest BCUT2D eigenvalue weighted by Crippen LogP contribution is 2.39. The Morgan fingerprint density at radius 2 is 1.97 bits per heavy atom. The van der Waals surface area contributed by atoms with Gasteiger partial charge in [-0.2, -0.15) is 18.3 Å². The van der Waals surface area contributed by atoms with Crippen LogP contribution < -0.4 is 0 Å². The third-order valence-corrected chi connectivity index (χ3v) is 5.74. The molecule has 0 bridgehead atoms. The zero-order valence-electron chi connectivity index (χ0n) is 17.7. The van der Waals surface area contributed by atoms with E-state index in [1.54, 1.807) is 28.8 Å². The number of phenolic OH excluding ortho intramolecular Hbond substituents is 1. The van der Waals surface area contributed by atoms with Gasteiger partial charge in [-0.25, -0.2) is 4.98 Å². The number of hydrogen-bond acceptors (Lipinski definition) is 5. The third kappa shape index (κ3) is 3.69. The summed E-state index contributed by atoms with van der Waals surface area (Å²) in [7, 11) is 1.69. The summed E-state index contributed by atoms with van der Waals surface area (Å²) >= 11 is 0. The van der Waals surface area contributed by atoms with Crippen molar-refractivity contribution in [1.29, 1.82) is 0 Å². The van der Waals surface area contributed by atoms with E-state index in [0.717, 1.165) is 6.07 Å². The Bertz CT molecular complexity index is 1230. The molecule has 3 heterocycles. The summed E-state index contributed by atoms with van der Waals surface area (Å²) in [6.07, 6.45) is -3.71. The van der Waals surface area contributed by atoms with Crippen LogP contribution in [0.15, 0.2) is 24.3 Å². The smallest absolute Gasteiger partial charge is 0.416 e. The van der Waals surface area contributed by atoms with Gasteiger partial charge in [0.15, 0.2) is 11.4 Å². The number of amides is 1. The highest BCUT2D eigenvalue weighted by atomic mass is 19.4. The Balaban J connectivity index is 1.82. The monoisotopic (exact) mass is 446 g/mol. The van der Waals surface area contributed by atoms with Gasteiger partial charge >= 0.3 is 6.18 Å². The lowest BCUT2D eigenvalue weighted by Gasteiger charge is -2.30. The average Bonchev–Trinajstić information content (AvgIpc) is 3.08. The summed E-state index contributed by atoms with van der Waals surface area (Å²) < 4.78 is 40.7. The third-order valence-electron chi connectivity index (χ3n) is 5.74. The number of pyridine rings is 1. The zero-order valence-corrected chi connectivity index (χ0v) is 17.7. The van der Waals surface area contributed by atoms with Crippen molar-refractivity contribution in [1.82, 2.24) is 19.7 Å². The van der Waals surface area contributed by atoms with Crippen molar-refractivity contribution in [2.24, 2.45) is 0 Å². The number of benzene rings is 1. The van der Waals surface area contributed by atoms with Gasteiger partial charge in [-0.05, 0) is 43.2 Å². The molecule has 3 aromatic rings. The molecule has 1 fully saturated rings. The molecule has 1 atom stereocenters. The number of likely N-dealkylation sites (tertiary alicyclic amines) is 1. The fraction of sp³-hybridized carbons (Fsp3) is 0.364. The lowest BCUT2D eigenvalue weighted by atomic mass is 10.00. The first-order chi connectivity index (χ1) is 15.0. The molecule has 4 rings (SSSR count). The molecular formula is C22H21F3N4O3. The molecule has 1 amide bonds. The molecule has 0 spiro atoms. The molecule has 0 unspecified atom stereocenters. The normalized spacial score (nSPS) is 17.2. The van der Waals surface area contributed by atoms with Crippen LogP contribution in [0, 0.1) is 6.92 Å². The van der Waals surface area contributed by atoms with Gasteiger partial charge in [0.1, 0.15) is 11.4 Å². The number of phenols is 1. The maximum Gasteiger partial charge on any atom is 0.416 e. The van der Waals surface area contributed by atoms with Crippen LogP contribution in [0.3, 0.4) is 0 Å². The van der Waals surface area contributed by atoms with E-state index >= 15 is 0 Å². The maximum absolute atomic E-state index is 13.0. The standard InChI is InChI=1S/C22H21F3N4O3/c1-11-8-13(22(23,24)25)9-17(31)19(11)16-6-5-15-20(12(2)30)29(27-21(15)26-16)14-4-7-18(32)28(3)10-14/h5-6,8-9,14,31H,4,7,10H2,1-3H3/t14-/m0/s1. The number of carbonyl (C=O) groups excluding carboxylic acids is 2. The van der Waals surface area contributed by atoms with Crippen LogP contribution >= 0.6 is 0 Å². The lowest BCUT2D eigenvalue weighted by molar-refractivity contribution is -0.137. The molecule has 32 heavy (non-hydrogen) atoms. The van der Waals surface area contributed by atoms with Crippen molar-refractivity contribution < 1.29 is 27.9 Å². The molecule has 10 heteroatoms. The summed E-state index contributed by atoms with van der Waals surface area (Å²) in [5.74, 6) is -0.728. The van der Waals surface area contributed by atoms with Crippen LogP contribution in [-0.4, -0.2) is 50.1 Å². The fourth-order valence-corrected chi connectivity index (χ4v) is 4.19. The number of halogens is 3. The Morgan fingerprint density at radius 1 is 1.25 bits per heavy atom. The fourth-order valence-electron chi connectivity index (χ4n) is 4.19. The molecule has 168 valence electrons. The van der Waals surface area contributed by atoms with Gasteiger partial charge in [0.25, 0.3) is 0 Å². The topological polar surface area (TPSA) is 88.3 Å². The minimum Gasteiger partial charge on any atom is -0.507 e. The van der Waals surface area contributed by atoms with Crippen LogP contribution in [-0.2, 0) is 11.0 Å². The number of likely N-dealkylation sites (N-methyl/N-ethyl adjacent to an activating group) is 1. The first-order valence-electron chi connectivity index (χ1n) is 10.0. The number of piperidine rings is 1. The molecule has 1 saturated heterocycles. The van der Waals surface area contributed by atoms with E-state index in [1.807, 2.05) is 0 Å².